The Morgan fingerprint density at radius 2 is 2.46 bits per heavy atom. The molecular formula is C10H17N3. The van der Waals surface area contributed by atoms with E-state index in [1.165, 1.54) is 18.4 Å². The molecule has 1 fully saturated rings. The van der Waals surface area contributed by atoms with Gasteiger partial charge in [0.15, 0.2) is 0 Å². The van der Waals surface area contributed by atoms with Crippen molar-refractivity contribution in [3.8, 4) is 0 Å². The van der Waals surface area contributed by atoms with Crippen LogP contribution < -0.4 is 5.73 Å². The van der Waals surface area contributed by atoms with Crippen molar-refractivity contribution in [2.75, 3.05) is 6.54 Å². The van der Waals surface area contributed by atoms with Crippen LogP contribution in [0.2, 0.25) is 0 Å². The molecule has 0 bridgehead atoms. The van der Waals surface area contributed by atoms with Crippen molar-refractivity contribution < 1.29 is 0 Å². The van der Waals surface area contributed by atoms with Crippen LogP contribution in [-0.4, -0.2) is 16.3 Å². The third kappa shape index (κ3) is 1.75. The van der Waals surface area contributed by atoms with Gasteiger partial charge in [-0.05, 0) is 37.8 Å². The number of aryl methyl sites for hydroxylation is 1. The van der Waals surface area contributed by atoms with Crippen LogP contribution in [0.4, 0.5) is 0 Å². The lowest BCUT2D eigenvalue weighted by Crippen LogP contribution is -2.13. The minimum atomic E-state index is 0.556. The van der Waals surface area contributed by atoms with Crippen LogP contribution in [0, 0.1) is 5.92 Å². The van der Waals surface area contributed by atoms with Crippen LogP contribution >= 0.6 is 0 Å². The van der Waals surface area contributed by atoms with Gasteiger partial charge in [-0.3, -0.25) is 4.68 Å². The third-order valence-corrected chi connectivity index (χ3v) is 2.85. The van der Waals surface area contributed by atoms with Crippen LogP contribution in [0.1, 0.15) is 31.2 Å². The van der Waals surface area contributed by atoms with Gasteiger partial charge in [0.1, 0.15) is 0 Å². The van der Waals surface area contributed by atoms with Gasteiger partial charge in [-0.25, -0.2) is 0 Å². The maximum atomic E-state index is 5.76. The second kappa shape index (κ2) is 3.50. The summed E-state index contributed by atoms with van der Waals surface area (Å²) in [4.78, 5) is 0. The molecule has 1 heterocycles. The van der Waals surface area contributed by atoms with E-state index in [1.54, 1.807) is 0 Å². The van der Waals surface area contributed by atoms with E-state index in [1.807, 2.05) is 10.9 Å². The lowest BCUT2D eigenvalue weighted by molar-refractivity contribution is 0.611. The van der Waals surface area contributed by atoms with Crippen molar-refractivity contribution in [2.24, 2.45) is 11.7 Å². The van der Waals surface area contributed by atoms with Crippen LogP contribution in [0.5, 0.6) is 0 Å². The molecule has 1 aliphatic carbocycles. The molecule has 1 unspecified atom stereocenters. The zero-order valence-electron chi connectivity index (χ0n) is 8.11. The van der Waals surface area contributed by atoms with E-state index < -0.39 is 0 Å². The molecule has 1 aliphatic rings. The molecule has 3 heteroatoms. The quantitative estimate of drug-likeness (QED) is 0.758. The minimum Gasteiger partial charge on any atom is -0.330 e. The fourth-order valence-corrected chi connectivity index (χ4v) is 1.84. The molecule has 13 heavy (non-hydrogen) atoms. The molecule has 1 aromatic rings. The monoisotopic (exact) mass is 179 g/mol. The molecule has 2 rings (SSSR count). The second-order valence-electron chi connectivity index (χ2n) is 3.81. The van der Waals surface area contributed by atoms with Gasteiger partial charge in [-0.2, -0.15) is 5.10 Å². The van der Waals surface area contributed by atoms with Crippen LogP contribution in [-0.2, 0) is 6.54 Å². The lowest BCUT2D eigenvalue weighted by Gasteiger charge is -2.10. The van der Waals surface area contributed by atoms with Crippen LogP contribution in [0.25, 0.3) is 0 Å². The van der Waals surface area contributed by atoms with Crippen molar-refractivity contribution >= 4 is 0 Å². The van der Waals surface area contributed by atoms with Crippen LogP contribution in [0.3, 0.4) is 0 Å². The van der Waals surface area contributed by atoms with Crippen molar-refractivity contribution in [1.82, 2.24) is 9.78 Å². The highest BCUT2D eigenvalue weighted by molar-refractivity contribution is 5.15. The number of hydrogen-bond acceptors (Lipinski definition) is 2. The summed E-state index contributed by atoms with van der Waals surface area (Å²) in [5, 5.41) is 4.27. The summed E-state index contributed by atoms with van der Waals surface area (Å²) in [5.41, 5.74) is 7.09. The highest BCUT2D eigenvalue weighted by atomic mass is 15.3. The van der Waals surface area contributed by atoms with Crippen LogP contribution in [0.15, 0.2) is 12.4 Å². The summed E-state index contributed by atoms with van der Waals surface area (Å²) in [7, 11) is 0. The average molecular weight is 179 g/mol. The SMILES string of the molecule is CCn1cc(C(CN)C2CC2)cn1. The topological polar surface area (TPSA) is 43.8 Å². The van der Waals surface area contributed by atoms with E-state index >= 15 is 0 Å². The zero-order valence-corrected chi connectivity index (χ0v) is 8.11. The van der Waals surface area contributed by atoms with Gasteiger partial charge < -0.3 is 5.73 Å². The van der Waals surface area contributed by atoms with Gasteiger partial charge in [0.25, 0.3) is 0 Å². The highest BCUT2D eigenvalue weighted by Crippen LogP contribution is 2.41. The lowest BCUT2D eigenvalue weighted by atomic mass is 9.98. The summed E-state index contributed by atoms with van der Waals surface area (Å²) in [6, 6.07) is 0. The van der Waals surface area contributed by atoms with Gasteiger partial charge in [-0.15, -0.1) is 0 Å². The number of nitrogens with zero attached hydrogens (tertiary/aromatic N) is 2. The Labute approximate surface area is 78.9 Å². The Morgan fingerprint density at radius 1 is 1.69 bits per heavy atom. The molecule has 0 radical (unpaired) electrons. The first-order valence-electron chi connectivity index (χ1n) is 5.07. The molecule has 1 aromatic heterocycles. The normalized spacial score (nSPS) is 18.9. The smallest absolute Gasteiger partial charge is 0.0525 e. The van der Waals surface area contributed by atoms with Gasteiger partial charge in [-0.1, -0.05) is 0 Å². The predicted molar refractivity (Wildman–Crippen MR) is 52.4 cm³/mol. The predicted octanol–water partition coefficient (Wildman–Crippen LogP) is 1.36. The summed E-state index contributed by atoms with van der Waals surface area (Å²) >= 11 is 0. The summed E-state index contributed by atoms with van der Waals surface area (Å²) in [6.07, 6.45) is 6.80. The van der Waals surface area contributed by atoms with Crippen molar-refractivity contribution in [1.29, 1.82) is 0 Å². The minimum absolute atomic E-state index is 0.556. The second-order valence-corrected chi connectivity index (χ2v) is 3.81. The van der Waals surface area contributed by atoms with E-state index in [4.69, 9.17) is 5.73 Å². The first kappa shape index (κ1) is 8.75. The maximum absolute atomic E-state index is 5.76. The third-order valence-electron chi connectivity index (χ3n) is 2.85. The molecule has 0 spiro atoms. The van der Waals surface area contributed by atoms with Gasteiger partial charge >= 0.3 is 0 Å². The first-order chi connectivity index (χ1) is 6.35. The summed E-state index contributed by atoms with van der Waals surface area (Å²) in [5.74, 6) is 1.39. The number of hydrogen-bond donors (Lipinski definition) is 1. The zero-order chi connectivity index (χ0) is 9.26. The number of rotatable bonds is 4. The van der Waals surface area contributed by atoms with Gasteiger partial charge in [0.05, 0.1) is 6.20 Å². The largest absolute Gasteiger partial charge is 0.330 e. The average Bonchev–Trinajstić information content (AvgIpc) is 2.85. The summed E-state index contributed by atoms with van der Waals surface area (Å²) < 4.78 is 1.97. The van der Waals surface area contributed by atoms with E-state index in [2.05, 4.69) is 18.2 Å². The van der Waals surface area contributed by atoms with E-state index in [-0.39, 0.29) is 0 Å². The standard InChI is InChI=1S/C10H17N3/c1-2-13-7-9(6-12-13)10(5-11)8-3-4-8/h6-8,10H,2-5,11H2,1H3. The Kier molecular flexibility index (Phi) is 2.36. The Hall–Kier alpha value is -0.830. The molecule has 0 aliphatic heterocycles. The summed E-state index contributed by atoms with van der Waals surface area (Å²) in [6.45, 7) is 3.81. The number of aromatic nitrogens is 2. The van der Waals surface area contributed by atoms with E-state index in [0.29, 0.717) is 5.92 Å². The molecule has 3 nitrogen and oxygen atoms in total. The highest BCUT2D eigenvalue weighted by Gasteiger charge is 2.31. The maximum Gasteiger partial charge on any atom is 0.0525 e. The Bertz CT molecular complexity index is 275. The molecule has 0 saturated heterocycles. The molecule has 1 saturated carbocycles. The molecule has 0 aromatic carbocycles. The molecule has 0 amide bonds. The molecule has 72 valence electrons. The van der Waals surface area contributed by atoms with Crippen molar-refractivity contribution in [3.63, 3.8) is 0 Å². The van der Waals surface area contributed by atoms with Crippen molar-refractivity contribution in [3.05, 3.63) is 18.0 Å². The molecular weight excluding hydrogens is 162 g/mol. The fraction of sp³-hybridized carbons (Fsp3) is 0.700. The Balaban J connectivity index is 2.12. The van der Waals surface area contributed by atoms with Gasteiger partial charge in [0, 0.05) is 18.7 Å². The van der Waals surface area contributed by atoms with E-state index in [9.17, 15) is 0 Å². The number of nitrogens with two attached hydrogens (primary N) is 1. The van der Waals surface area contributed by atoms with Gasteiger partial charge in [0.2, 0.25) is 0 Å². The molecule has 1 atom stereocenters. The molecule has 2 N–H and O–H groups in total. The van der Waals surface area contributed by atoms with Crippen molar-refractivity contribution in [2.45, 2.75) is 32.2 Å². The Morgan fingerprint density at radius 3 is 2.92 bits per heavy atom. The van der Waals surface area contributed by atoms with E-state index in [0.717, 1.165) is 19.0 Å². The first-order valence-corrected chi connectivity index (χ1v) is 5.07. The fourth-order valence-electron chi connectivity index (χ4n) is 1.84.